The Labute approximate surface area is 121 Å². The van der Waals surface area contributed by atoms with E-state index >= 15 is 0 Å². The molecule has 0 bridgehead atoms. The van der Waals surface area contributed by atoms with Crippen LogP contribution in [0, 0.1) is 0 Å². The summed E-state index contributed by atoms with van der Waals surface area (Å²) >= 11 is 0. The van der Waals surface area contributed by atoms with E-state index in [0.29, 0.717) is 19.0 Å². The number of carbonyl (C=O) groups is 1. The molecule has 2 aliphatic heterocycles. The second-order valence-corrected chi connectivity index (χ2v) is 8.08. The van der Waals surface area contributed by atoms with Crippen molar-refractivity contribution in [2.75, 3.05) is 44.7 Å². The van der Waals surface area contributed by atoms with Crippen LogP contribution in [0.15, 0.2) is 0 Å². The summed E-state index contributed by atoms with van der Waals surface area (Å²) in [5.41, 5.74) is 0. The molecule has 2 saturated heterocycles. The van der Waals surface area contributed by atoms with Crippen LogP contribution < -0.4 is 5.32 Å². The summed E-state index contributed by atoms with van der Waals surface area (Å²) in [6.07, 6.45) is 1.32. The monoisotopic (exact) mass is 303 g/mol. The maximum Gasteiger partial charge on any atom is 0.224 e. The number of carbonyl (C=O) groups excluding carboxylic acids is 1. The number of amides is 1. The molecule has 0 radical (unpaired) electrons. The fraction of sp³-hybridized carbons (Fsp3) is 0.923. The van der Waals surface area contributed by atoms with E-state index in [2.05, 4.69) is 24.2 Å². The van der Waals surface area contributed by atoms with Gasteiger partial charge in [-0.15, -0.1) is 0 Å². The van der Waals surface area contributed by atoms with E-state index in [9.17, 15) is 13.2 Å². The highest BCUT2D eigenvalue weighted by atomic mass is 32.2. The van der Waals surface area contributed by atoms with Crippen molar-refractivity contribution in [3.05, 3.63) is 0 Å². The first-order valence-corrected chi connectivity index (χ1v) is 9.15. The first kappa shape index (κ1) is 15.7. The molecule has 0 aliphatic carbocycles. The van der Waals surface area contributed by atoms with Crippen molar-refractivity contribution in [1.29, 1.82) is 0 Å². The van der Waals surface area contributed by atoms with Crippen molar-refractivity contribution in [3.63, 3.8) is 0 Å². The predicted molar refractivity (Wildman–Crippen MR) is 78.4 cm³/mol. The average Bonchev–Trinajstić information content (AvgIpc) is 2.38. The van der Waals surface area contributed by atoms with Gasteiger partial charge in [-0.3, -0.25) is 9.69 Å². The third-order valence-electron chi connectivity index (χ3n) is 4.32. The molecule has 0 aromatic heterocycles. The largest absolute Gasteiger partial charge is 0.340 e. The summed E-state index contributed by atoms with van der Waals surface area (Å²) < 4.78 is 23.2. The second-order valence-electron chi connectivity index (χ2n) is 5.85. The molecular weight excluding hydrogens is 278 g/mol. The number of nitrogens with zero attached hydrogens (tertiary/aromatic N) is 2. The van der Waals surface area contributed by atoms with Gasteiger partial charge in [0.25, 0.3) is 0 Å². The molecule has 2 atom stereocenters. The number of rotatable bonds is 3. The summed E-state index contributed by atoms with van der Waals surface area (Å²) in [5.74, 6) is 0.347. The third-order valence-corrected chi connectivity index (χ3v) is 6.06. The first-order chi connectivity index (χ1) is 9.41. The Morgan fingerprint density at radius 1 is 1.35 bits per heavy atom. The van der Waals surface area contributed by atoms with Gasteiger partial charge in [0, 0.05) is 44.7 Å². The molecule has 0 spiro atoms. The van der Waals surface area contributed by atoms with Gasteiger partial charge in [0.2, 0.25) is 5.91 Å². The fourth-order valence-electron chi connectivity index (χ4n) is 2.95. The van der Waals surface area contributed by atoms with Gasteiger partial charge in [-0.1, -0.05) is 6.92 Å². The zero-order chi connectivity index (χ0) is 14.8. The Balaban J connectivity index is 1.88. The van der Waals surface area contributed by atoms with Crippen LogP contribution in [0.3, 0.4) is 0 Å². The van der Waals surface area contributed by atoms with E-state index in [4.69, 9.17) is 0 Å². The lowest BCUT2D eigenvalue weighted by Gasteiger charge is -2.39. The zero-order valence-electron chi connectivity index (χ0n) is 12.3. The van der Waals surface area contributed by atoms with Gasteiger partial charge in [0.15, 0.2) is 9.84 Å². The quantitative estimate of drug-likeness (QED) is 0.748. The minimum absolute atomic E-state index is 0.0751. The van der Waals surface area contributed by atoms with Gasteiger partial charge in [-0.2, -0.15) is 0 Å². The van der Waals surface area contributed by atoms with Gasteiger partial charge < -0.3 is 10.2 Å². The van der Waals surface area contributed by atoms with Crippen LogP contribution in [0.25, 0.3) is 0 Å². The van der Waals surface area contributed by atoms with Gasteiger partial charge in [-0.25, -0.2) is 8.42 Å². The molecule has 1 N–H and O–H groups in total. The Morgan fingerprint density at radius 2 is 2.10 bits per heavy atom. The van der Waals surface area contributed by atoms with E-state index in [-0.39, 0.29) is 23.5 Å². The normalized spacial score (nSPS) is 31.2. The molecule has 2 fully saturated rings. The molecule has 0 saturated carbocycles. The van der Waals surface area contributed by atoms with Crippen molar-refractivity contribution in [1.82, 2.24) is 15.1 Å². The predicted octanol–water partition coefficient (Wildman–Crippen LogP) is -0.684. The molecule has 7 heteroatoms. The molecule has 20 heavy (non-hydrogen) atoms. The van der Waals surface area contributed by atoms with E-state index < -0.39 is 9.84 Å². The summed E-state index contributed by atoms with van der Waals surface area (Å²) in [6, 6.07) is 0.191. The lowest BCUT2D eigenvalue weighted by molar-refractivity contribution is -0.134. The Hall–Kier alpha value is -0.660. The van der Waals surface area contributed by atoms with Crippen molar-refractivity contribution in [2.45, 2.75) is 31.8 Å². The van der Waals surface area contributed by atoms with Crippen LogP contribution in [0.1, 0.15) is 19.8 Å². The molecule has 2 rings (SSSR count). The van der Waals surface area contributed by atoms with Crippen LogP contribution in [-0.2, 0) is 14.6 Å². The highest BCUT2D eigenvalue weighted by Gasteiger charge is 2.30. The summed E-state index contributed by atoms with van der Waals surface area (Å²) in [7, 11) is -0.885. The van der Waals surface area contributed by atoms with Crippen molar-refractivity contribution >= 4 is 15.7 Å². The highest BCUT2D eigenvalue weighted by Crippen LogP contribution is 2.13. The number of likely N-dealkylation sites (N-methyl/N-ethyl adjacent to an activating group) is 1. The van der Waals surface area contributed by atoms with E-state index in [1.807, 2.05) is 4.90 Å². The smallest absolute Gasteiger partial charge is 0.224 e. The Kier molecular flexibility index (Phi) is 5.04. The van der Waals surface area contributed by atoms with Crippen LogP contribution in [0.2, 0.25) is 0 Å². The molecule has 6 nitrogen and oxygen atoms in total. The van der Waals surface area contributed by atoms with Gasteiger partial charge in [0.1, 0.15) is 0 Å². The lowest BCUT2D eigenvalue weighted by atomic mass is 10.1. The molecule has 0 aromatic carbocycles. The lowest BCUT2D eigenvalue weighted by Crippen LogP contribution is -2.54. The first-order valence-electron chi connectivity index (χ1n) is 7.33. The molecule has 2 heterocycles. The van der Waals surface area contributed by atoms with E-state index in [0.717, 1.165) is 26.1 Å². The number of piperazine rings is 1. The minimum atomic E-state index is -2.97. The summed E-state index contributed by atoms with van der Waals surface area (Å²) in [4.78, 5) is 16.5. The van der Waals surface area contributed by atoms with Crippen molar-refractivity contribution in [3.8, 4) is 0 Å². The number of hydrogen-bond donors (Lipinski definition) is 1. The number of hydrogen-bond acceptors (Lipinski definition) is 5. The number of nitrogens with one attached hydrogen (secondary N) is 1. The minimum Gasteiger partial charge on any atom is -0.340 e. The van der Waals surface area contributed by atoms with Crippen LogP contribution in [0.5, 0.6) is 0 Å². The number of sulfone groups is 1. The van der Waals surface area contributed by atoms with Crippen LogP contribution in [-0.4, -0.2) is 80.9 Å². The summed E-state index contributed by atoms with van der Waals surface area (Å²) in [6.45, 7) is 4.97. The third kappa shape index (κ3) is 3.93. The molecule has 2 unspecified atom stereocenters. The maximum atomic E-state index is 12.3. The fourth-order valence-corrected chi connectivity index (χ4v) is 4.40. The van der Waals surface area contributed by atoms with Crippen molar-refractivity contribution < 1.29 is 13.2 Å². The van der Waals surface area contributed by atoms with Crippen LogP contribution >= 0.6 is 0 Å². The van der Waals surface area contributed by atoms with Gasteiger partial charge >= 0.3 is 0 Å². The van der Waals surface area contributed by atoms with Gasteiger partial charge in [0.05, 0.1) is 11.5 Å². The molecule has 2 aliphatic rings. The standard InChI is InChI=1S/C13H25N3O3S/c1-3-12-9-16(6-5-15(12)2)13(17)8-11-10-20(18,19)7-4-14-11/h11-12,14H,3-10H2,1-2H3. The Morgan fingerprint density at radius 3 is 2.75 bits per heavy atom. The molecule has 0 aromatic rings. The van der Waals surface area contributed by atoms with E-state index in [1.165, 1.54) is 0 Å². The average molecular weight is 303 g/mol. The topological polar surface area (TPSA) is 69.7 Å². The van der Waals surface area contributed by atoms with Crippen molar-refractivity contribution in [2.24, 2.45) is 0 Å². The molecular formula is C13H25N3O3S. The maximum absolute atomic E-state index is 12.3. The van der Waals surface area contributed by atoms with E-state index in [1.54, 1.807) is 0 Å². The molecule has 116 valence electrons. The molecule has 1 amide bonds. The highest BCUT2D eigenvalue weighted by molar-refractivity contribution is 7.91. The van der Waals surface area contributed by atoms with Crippen LogP contribution in [0.4, 0.5) is 0 Å². The second kappa shape index (κ2) is 6.41. The SMILES string of the molecule is CCC1CN(C(=O)CC2CS(=O)(=O)CCN2)CCN1C. The zero-order valence-corrected chi connectivity index (χ0v) is 13.2. The summed E-state index contributed by atoms with van der Waals surface area (Å²) in [5, 5.41) is 3.14. The Bertz CT molecular complexity index is 452. The van der Waals surface area contributed by atoms with Gasteiger partial charge in [-0.05, 0) is 13.5 Å².